The van der Waals surface area contributed by atoms with Gasteiger partial charge in [0.15, 0.2) is 0 Å². The first kappa shape index (κ1) is 22.9. The highest BCUT2D eigenvalue weighted by Gasteiger charge is 2.33. The number of benzene rings is 3. The third kappa shape index (κ3) is 4.97. The van der Waals surface area contributed by atoms with Gasteiger partial charge in [-0.2, -0.15) is 5.10 Å². The van der Waals surface area contributed by atoms with Gasteiger partial charge in [0.2, 0.25) is 5.89 Å². The van der Waals surface area contributed by atoms with Crippen molar-refractivity contribution >= 4 is 23.4 Å². The lowest BCUT2D eigenvalue weighted by Gasteiger charge is -2.22. The van der Waals surface area contributed by atoms with Gasteiger partial charge >= 0.3 is 0 Å². The quantitative estimate of drug-likeness (QED) is 0.321. The van der Waals surface area contributed by atoms with E-state index in [0.717, 1.165) is 33.7 Å². The van der Waals surface area contributed by atoms with E-state index in [2.05, 4.69) is 10.2 Å². The fraction of sp³-hybridized carbons (Fsp3) is 0.185. The second-order valence-electron chi connectivity index (χ2n) is 8.12. The fourth-order valence-electron chi connectivity index (χ4n) is 4.01. The first-order valence-corrected chi connectivity index (χ1v) is 12.2. The maximum atomic E-state index is 13.3. The van der Waals surface area contributed by atoms with Gasteiger partial charge in [-0.3, -0.25) is 4.79 Å². The van der Waals surface area contributed by atoms with Crippen molar-refractivity contribution in [2.45, 2.75) is 24.6 Å². The van der Waals surface area contributed by atoms with Crippen molar-refractivity contribution in [3.8, 4) is 17.2 Å². The molecule has 4 aromatic rings. The van der Waals surface area contributed by atoms with Crippen molar-refractivity contribution in [1.29, 1.82) is 0 Å². The zero-order valence-corrected chi connectivity index (χ0v) is 20.2. The van der Waals surface area contributed by atoms with Gasteiger partial charge in [-0.15, -0.1) is 10.2 Å². The van der Waals surface area contributed by atoms with Crippen molar-refractivity contribution in [2.24, 2.45) is 5.10 Å². The van der Waals surface area contributed by atoms with Crippen molar-refractivity contribution in [1.82, 2.24) is 15.2 Å². The molecule has 0 bridgehead atoms. The SMILES string of the molecule is COc1ccc(C2CC(c3ccccc3)=NN2C(=O)CSc2nnc(-c3ccccc3C)o2)cc1. The number of carbonyl (C=O) groups is 1. The number of hydrogen-bond donors (Lipinski definition) is 0. The Hall–Kier alpha value is -3.91. The van der Waals surface area contributed by atoms with Crippen LogP contribution >= 0.6 is 11.8 Å². The van der Waals surface area contributed by atoms with Gasteiger partial charge in [-0.05, 0) is 41.8 Å². The first-order chi connectivity index (χ1) is 17.1. The van der Waals surface area contributed by atoms with Crippen molar-refractivity contribution in [3.63, 3.8) is 0 Å². The molecular formula is C27H24N4O3S. The minimum atomic E-state index is -0.200. The number of thioether (sulfide) groups is 1. The molecule has 176 valence electrons. The van der Waals surface area contributed by atoms with Crippen LogP contribution in [0.25, 0.3) is 11.5 Å². The minimum absolute atomic E-state index is 0.127. The molecule has 1 unspecified atom stereocenters. The Morgan fingerprint density at radius 2 is 1.77 bits per heavy atom. The van der Waals surface area contributed by atoms with E-state index in [1.54, 1.807) is 12.1 Å². The van der Waals surface area contributed by atoms with Crippen LogP contribution in [0, 0.1) is 6.92 Å². The molecule has 1 atom stereocenters. The monoisotopic (exact) mass is 484 g/mol. The summed E-state index contributed by atoms with van der Waals surface area (Å²) < 4.78 is 11.1. The Labute approximate surface area is 207 Å². The summed E-state index contributed by atoms with van der Waals surface area (Å²) in [4.78, 5) is 13.3. The summed E-state index contributed by atoms with van der Waals surface area (Å²) in [5.74, 6) is 1.22. The van der Waals surface area contributed by atoms with Gasteiger partial charge in [0.05, 0.1) is 24.6 Å². The summed E-state index contributed by atoms with van der Waals surface area (Å²) in [6.07, 6.45) is 0.630. The maximum absolute atomic E-state index is 13.3. The number of ether oxygens (including phenoxy) is 1. The van der Waals surface area contributed by atoms with Gasteiger partial charge in [0.1, 0.15) is 5.75 Å². The van der Waals surface area contributed by atoms with Gasteiger partial charge in [-0.1, -0.05) is 72.4 Å². The molecule has 1 aliphatic rings. The number of amides is 1. The van der Waals surface area contributed by atoms with Crippen LogP contribution in [0.3, 0.4) is 0 Å². The van der Waals surface area contributed by atoms with E-state index in [1.165, 1.54) is 11.8 Å². The van der Waals surface area contributed by atoms with Crippen LogP contribution in [0.4, 0.5) is 0 Å². The van der Waals surface area contributed by atoms with Crippen LogP contribution in [-0.2, 0) is 4.79 Å². The summed E-state index contributed by atoms with van der Waals surface area (Å²) in [6, 6.07) is 25.3. The van der Waals surface area contributed by atoms with E-state index in [4.69, 9.17) is 14.3 Å². The molecule has 0 spiro atoms. The predicted molar refractivity (Wildman–Crippen MR) is 135 cm³/mol. The molecule has 0 saturated heterocycles. The molecule has 35 heavy (non-hydrogen) atoms. The number of aromatic nitrogens is 2. The second kappa shape index (κ2) is 10.1. The summed E-state index contributed by atoms with van der Waals surface area (Å²) in [6.45, 7) is 1.99. The lowest BCUT2D eigenvalue weighted by atomic mass is 9.98. The van der Waals surface area contributed by atoms with Crippen molar-refractivity contribution in [2.75, 3.05) is 12.9 Å². The van der Waals surface area contributed by atoms with Gasteiger partial charge in [-0.25, -0.2) is 5.01 Å². The molecule has 5 rings (SSSR count). The number of nitrogens with zero attached hydrogens (tertiary/aromatic N) is 4. The van der Waals surface area contributed by atoms with Gasteiger partial charge in [0.25, 0.3) is 11.1 Å². The summed E-state index contributed by atoms with van der Waals surface area (Å²) in [5, 5.41) is 14.9. The molecule has 3 aromatic carbocycles. The molecule has 0 saturated carbocycles. The fourth-order valence-corrected chi connectivity index (χ4v) is 4.63. The highest BCUT2D eigenvalue weighted by atomic mass is 32.2. The van der Waals surface area contributed by atoms with E-state index in [1.807, 2.05) is 85.8 Å². The largest absolute Gasteiger partial charge is 0.497 e. The Bertz CT molecular complexity index is 1350. The minimum Gasteiger partial charge on any atom is -0.497 e. The van der Waals surface area contributed by atoms with Gasteiger partial charge in [0, 0.05) is 12.0 Å². The van der Waals surface area contributed by atoms with Crippen LogP contribution in [0.2, 0.25) is 0 Å². The Morgan fingerprint density at radius 1 is 1.03 bits per heavy atom. The molecule has 7 nitrogen and oxygen atoms in total. The van der Waals surface area contributed by atoms with Crippen LogP contribution < -0.4 is 4.74 Å². The van der Waals surface area contributed by atoms with Gasteiger partial charge < -0.3 is 9.15 Å². The molecule has 1 aromatic heterocycles. The average Bonchev–Trinajstić information content (AvgIpc) is 3.56. The Kier molecular flexibility index (Phi) is 6.63. The zero-order chi connectivity index (χ0) is 24.2. The molecule has 0 N–H and O–H groups in total. The summed E-state index contributed by atoms with van der Waals surface area (Å²) in [7, 11) is 1.64. The zero-order valence-electron chi connectivity index (χ0n) is 19.4. The van der Waals surface area contributed by atoms with Crippen LogP contribution in [0.1, 0.15) is 29.2 Å². The third-order valence-corrected chi connectivity index (χ3v) is 6.68. The van der Waals surface area contributed by atoms with Crippen molar-refractivity contribution < 1.29 is 13.9 Å². The molecular weight excluding hydrogens is 460 g/mol. The molecule has 0 aliphatic carbocycles. The van der Waals surface area contributed by atoms with E-state index >= 15 is 0 Å². The highest BCUT2D eigenvalue weighted by molar-refractivity contribution is 7.99. The Balaban J connectivity index is 1.34. The van der Waals surface area contributed by atoms with Crippen molar-refractivity contribution in [3.05, 3.63) is 95.6 Å². The smallest absolute Gasteiger partial charge is 0.277 e. The topological polar surface area (TPSA) is 80.8 Å². The number of rotatable bonds is 7. The van der Waals surface area contributed by atoms with E-state index in [9.17, 15) is 4.79 Å². The summed E-state index contributed by atoms with van der Waals surface area (Å²) >= 11 is 1.22. The highest BCUT2D eigenvalue weighted by Crippen LogP contribution is 2.34. The normalized spacial score (nSPS) is 15.2. The molecule has 0 fully saturated rings. The summed E-state index contributed by atoms with van der Waals surface area (Å²) in [5.41, 5.74) is 4.82. The van der Waals surface area contributed by atoms with E-state index in [-0.39, 0.29) is 17.7 Å². The standard InChI is InChI=1S/C27H24N4O3S/c1-18-8-6-7-11-22(18)26-28-29-27(34-26)35-17-25(32)31-24(20-12-14-21(33-2)15-13-20)16-23(30-31)19-9-4-3-5-10-19/h3-15,24H,16-17H2,1-2H3. The molecule has 2 heterocycles. The van der Waals surface area contributed by atoms with Crippen LogP contribution in [0.15, 0.2) is 93.6 Å². The third-order valence-electron chi connectivity index (χ3n) is 5.87. The molecule has 1 aliphatic heterocycles. The van der Waals surface area contributed by atoms with E-state index < -0.39 is 0 Å². The number of carbonyl (C=O) groups excluding carboxylic acids is 1. The predicted octanol–water partition coefficient (Wildman–Crippen LogP) is 5.52. The average molecular weight is 485 g/mol. The molecule has 0 radical (unpaired) electrons. The molecule has 8 heteroatoms. The van der Waals surface area contributed by atoms with E-state index in [0.29, 0.717) is 17.5 Å². The number of hydrogen-bond acceptors (Lipinski definition) is 7. The number of methoxy groups -OCH3 is 1. The number of hydrazone groups is 1. The molecule has 1 amide bonds. The lowest BCUT2D eigenvalue weighted by molar-refractivity contribution is -0.130. The first-order valence-electron chi connectivity index (χ1n) is 11.2. The van der Waals surface area contributed by atoms with Crippen LogP contribution in [-0.4, -0.2) is 39.7 Å². The Morgan fingerprint density at radius 3 is 2.51 bits per heavy atom. The van der Waals surface area contributed by atoms with Crippen LogP contribution in [0.5, 0.6) is 5.75 Å². The number of aryl methyl sites for hydroxylation is 1. The maximum Gasteiger partial charge on any atom is 0.277 e. The second-order valence-corrected chi connectivity index (χ2v) is 9.05. The lowest BCUT2D eigenvalue weighted by Crippen LogP contribution is -2.28.